The highest BCUT2D eigenvalue weighted by molar-refractivity contribution is 5.61. The molecule has 1 aromatic carbocycles. The molecular weight excluding hydrogens is 176 g/mol. The topological polar surface area (TPSA) is 22.4 Å². The first-order chi connectivity index (χ1) is 6.81. The van der Waals surface area contributed by atoms with E-state index in [0.29, 0.717) is 5.95 Å². The zero-order valence-electron chi connectivity index (χ0n) is 8.28. The van der Waals surface area contributed by atoms with E-state index in [9.17, 15) is 0 Å². The second-order valence-electron chi connectivity index (χ2n) is 3.15. The molecule has 0 N–H and O–H groups in total. The molecule has 0 aliphatic rings. The van der Waals surface area contributed by atoms with E-state index < -0.39 is 0 Å². The van der Waals surface area contributed by atoms with Crippen LogP contribution in [0.1, 0.15) is 5.56 Å². The summed E-state index contributed by atoms with van der Waals surface area (Å²) in [5, 5.41) is 0. The first-order valence-corrected chi connectivity index (χ1v) is 4.51. The third kappa shape index (κ3) is 1.51. The minimum absolute atomic E-state index is 0.557. The lowest BCUT2D eigenvalue weighted by Crippen LogP contribution is -1.76. The largest absolute Gasteiger partial charge is 0.468 e. The van der Waals surface area contributed by atoms with Gasteiger partial charge < -0.3 is 9.15 Å². The highest BCUT2D eigenvalue weighted by Crippen LogP contribution is 2.29. The van der Waals surface area contributed by atoms with Crippen molar-refractivity contribution in [1.29, 1.82) is 0 Å². The molecule has 14 heavy (non-hydrogen) atoms. The van der Waals surface area contributed by atoms with Gasteiger partial charge >= 0.3 is 0 Å². The van der Waals surface area contributed by atoms with Gasteiger partial charge in [0.25, 0.3) is 5.95 Å². The molecule has 1 aromatic heterocycles. The Morgan fingerprint density at radius 2 is 1.86 bits per heavy atom. The molecule has 0 amide bonds. The van der Waals surface area contributed by atoms with Crippen LogP contribution >= 0.6 is 0 Å². The zero-order valence-corrected chi connectivity index (χ0v) is 8.28. The van der Waals surface area contributed by atoms with Crippen LogP contribution in [0.3, 0.4) is 0 Å². The predicted octanol–water partition coefficient (Wildman–Crippen LogP) is 3.26. The molecule has 72 valence electrons. The molecule has 2 heteroatoms. The average molecular weight is 188 g/mol. The predicted molar refractivity (Wildman–Crippen MR) is 55.4 cm³/mol. The molecule has 0 unspecified atom stereocenters. The molecule has 0 radical (unpaired) electrons. The Hall–Kier alpha value is -1.70. The standard InChI is InChI=1S/C12H12O2/c1-9-8-11(13-2)14-12(9)10-6-4-3-5-7-10/h3-8H,1-2H3. The first kappa shape index (κ1) is 8.88. The number of rotatable bonds is 2. The van der Waals surface area contributed by atoms with Crippen LogP contribution in [0.25, 0.3) is 11.3 Å². The van der Waals surface area contributed by atoms with E-state index in [1.807, 2.05) is 43.3 Å². The van der Waals surface area contributed by atoms with Crippen molar-refractivity contribution in [2.45, 2.75) is 6.92 Å². The van der Waals surface area contributed by atoms with Gasteiger partial charge in [0.05, 0.1) is 7.11 Å². The summed E-state index contributed by atoms with van der Waals surface area (Å²) < 4.78 is 10.6. The fourth-order valence-electron chi connectivity index (χ4n) is 1.43. The minimum Gasteiger partial charge on any atom is -0.468 e. The third-order valence-electron chi connectivity index (χ3n) is 2.13. The van der Waals surface area contributed by atoms with Crippen LogP contribution in [0, 0.1) is 6.92 Å². The lowest BCUT2D eigenvalue weighted by Gasteiger charge is -1.97. The molecule has 0 saturated heterocycles. The first-order valence-electron chi connectivity index (χ1n) is 4.51. The molecule has 0 saturated carbocycles. The quantitative estimate of drug-likeness (QED) is 0.721. The SMILES string of the molecule is COc1cc(C)c(-c2ccccc2)o1. The van der Waals surface area contributed by atoms with Gasteiger partial charge in [-0.25, -0.2) is 0 Å². The fourth-order valence-corrected chi connectivity index (χ4v) is 1.43. The van der Waals surface area contributed by atoms with Crippen molar-refractivity contribution in [2.75, 3.05) is 7.11 Å². The van der Waals surface area contributed by atoms with Crippen LogP contribution < -0.4 is 4.74 Å². The van der Waals surface area contributed by atoms with Gasteiger partial charge in [-0.15, -0.1) is 0 Å². The summed E-state index contributed by atoms with van der Waals surface area (Å²) in [6, 6.07) is 11.9. The summed E-state index contributed by atoms with van der Waals surface area (Å²) in [6.07, 6.45) is 0. The number of aryl methyl sites for hydroxylation is 1. The van der Waals surface area contributed by atoms with Crippen molar-refractivity contribution in [3.05, 3.63) is 42.0 Å². The van der Waals surface area contributed by atoms with Crippen LogP contribution in [0.4, 0.5) is 0 Å². The van der Waals surface area contributed by atoms with E-state index in [4.69, 9.17) is 9.15 Å². The van der Waals surface area contributed by atoms with E-state index in [0.717, 1.165) is 16.9 Å². The monoisotopic (exact) mass is 188 g/mol. The molecule has 2 aromatic rings. The van der Waals surface area contributed by atoms with Gasteiger partial charge in [0.2, 0.25) is 0 Å². The Bertz CT molecular complexity index is 415. The molecule has 0 bridgehead atoms. The smallest absolute Gasteiger partial charge is 0.284 e. The van der Waals surface area contributed by atoms with Crippen molar-refractivity contribution in [3.63, 3.8) is 0 Å². The molecule has 1 heterocycles. The van der Waals surface area contributed by atoms with Crippen molar-refractivity contribution in [1.82, 2.24) is 0 Å². The maximum atomic E-state index is 5.53. The summed E-state index contributed by atoms with van der Waals surface area (Å²) in [6.45, 7) is 2.01. The van der Waals surface area contributed by atoms with Gasteiger partial charge in [-0.3, -0.25) is 0 Å². The number of benzene rings is 1. The summed E-state index contributed by atoms with van der Waals surface area (Å²) in [5.41, 5.74) is 2.17. The second-order valence-corrected chi connectivity index (χ2v) is 3.15. The van der Waals surface area contributed by atoms with E-state index in [1.54, 1.807) is 7.11 Å². The van der Waals surface area contributed by atoms with Gasteiger partial charge in [-0.1, -0.05) is 30.3 Å². The lowest BCUT2D eigenvalue weighted by atomic mass is 10.1. The van der Waals surface area contributed by atoms with Crippen LogP contribution in [0.15, 0.2) is 40.8 Å². The number of ether oxygens (including phenoxy) is 1. The summed E-state index contributed by atoms with van der Waals surface area (Å²) in [7, 11) is 1.60. The molecule has 0 aliphatic carbocycles. The molecule has 0 spiro atoms. The van der Waals surface area contributed by atoms with Crippen LogP contribution in [-0.2, 0) is 0 Å². The molecule has 0 fully saturated rings. The third-order valence-corrected chi connectivity index (χ3v) is 2.13. The van der Waals surface area contributed by atoms with Gasteiger partial charge in [-0.2, -0.15) is 0 Å². The Labute approximate surface area is 83.1 Å². The zero-order chi connectivity index (χ0) is 9.97. The van der Waals surface area contributed by atoms with Crippen LogP contribution in [0.5, 0.6) is 5.95 Å². The van der Waals surface area contributed by atoms with Gasteiger partial charge in [0.1, 0.15) is 5.76 Å². The van der Waals surface area contributed by atoms with E-state index in [2.05, 4.69) is 0 Å². The number of furan rings is 1. The Morgan fingerprint density at radius 1 is 1.14 bits per heavy atom. The molecule has 2 rings (SSSR count). The van der Waals surface area contributed by atoms with Gasteiger partial charge in [-0.05, 0) is 12.5 Å². The Balaban J connectivity index is 2.46. The summed E-state index contributed by atoms with van der Waals surface area (Å²) in [5.74, 6) is 1.43. The maximum absolute atomic E-state index is 5.53. The Morgan fingerprint density at radius 3 is 2.43 bits per heavy atom. The maximum Gasteiger partial charge on any atom is 0.284 e. The highest BCUT2D eigenvalue weighted by atomic mass is 16.6. The van der Waals surface area contributed by atoms with Crippen molar-refractivity contribution >= 4 is 0 Å². The minimum atomic E-state index is 0.557. The normalized spacial score (nSPS) is 10.1. The van der Waals surface area contributed by atoms with Crippen molar-refractivity contribution in [3.8, 4) is 17.3 Å². The van der Waals surface area contributed by atoms with E-state index in [1.165, 1.54) is 0 Å². The van der Waals surface area contributed by atoms with Gasteiger partial charge in [0.15, 0.2) is 0 Å². The Kier molecular flexibility index (Phi) is 2.27. The molecule has 0 aliphatic heterocycles. The van der Waals surface area contributed by atoms with Crippen molar-refractivity contribution in [2.24, 2.45) is 0 Å². The van der Waals surface area contributed by atoms with Crippen LogP contribution in [0.2, 0.25) is 0 Å². The summed E-state index contributed by atoms with van der Waals surface area (Å²) >= 11 is 0. The molecular formula is C12H12O2. The van der Waals surface area contributed by atoms with Crippen molar-refractivity contribution < 1.29 is 9.15 Å². The molecule has 2 nitrogen and oxygen atoms in total. The van der Waals surface area contributed by atoms with Crippen LogP contribution in [-0.4, -0.2) is 7.11 Å². The average Bonchev–Trinajstić information content (AvgIpc) is 2.61. The second kappa shape index (κ2) is 3.58. The fraction of sp³-hybridized carbons (Fsp3) is 0.167. The highest BCUT2D eigenvalue weighted by Gasteiger charge is 2.08. The number of methoxy groups -OCH3 is 1. The molecule has 0 atom stereocenters. The number of hydrogen-bond acceptors (Lipinski definition) is 2. The summed E-state index contributed by atoms with van der Waals surface area (Å²) in [4.78, 5) is 0. The van der Waals surface area contributed by atoms with Gasteiger partial charge in [0, 0.05) is 11.6 Å². The lowest BCUT2D eigenvalue weighted by molar-refractivity contribution is 0.309. The number of hydrogen-bond donors (Lipinski definition) is 0. The van der Waals surface area contributed by atoms with E-state index >= 15 is 0 Å². The van der Waals surface area contributed by atoms with E-state index in [-0.39, 0.29) is 0 Å².